The fraction of sp³-hybridized carbons (Fsp3) is 0.200. The summed E-state index contributed by atoms with van der Waals surface area (Å²) in [5.41, 5.74) is 2.57. The highest BCUT2D eigenvalue weighted by Gasteiger charge is 2.06. The number of carbonyl (C=O) groups excluding carboxylic acids is 1. The lowest BCUT2D eigenvalue weighted by atomic mass is 10.1. The van der Waals surface area contributed by atoms with Crippen LogP contribution in [0, 0.1) is 0 Å². The topological polar surface area (TPSA) is 56.2 Å². The van der Waals surface area contributed by atoms with E-state index < -0.39 is 0 Å². The molecule has 2 aromatic carbocycles. The average molecular weight is 370 g/mol. The van der Waals surface area contributed by atoms with Gasteiger partial charge in [-0.15, -0.1) is 0 Å². The van der Waals surface area contributed by atoms with Gasteiger partial charge in [0.1, 0.15) is 12.4 Å². The van der Waals surface area contributed by atoms with Crippen molar-refractivity contribution in [1.29, 1.82) is 0 Å². The number of halogens is 1. The lowest BCUT2D eigenvalue weighted by molar-refractivity contribution is 0.0951. The van der Waals surface area contributed by atoms with Gasteiger partial charge in [0.2, 0.25) is 0 Å². The maximum atomic E-state index is 12.2. The van der Waals surface area contributed by atoms with Gasteiger partial charge in [-0.05, 0) is 42.8 Å². The Kier molecular flexibility index (Phi) is 5.92. The number of benzene rings is 2. The van der Waals surface area contributed by atoms with E-state index in [1.54, 1.807) is 30.5 Å². The molecule has 6 heteroatoms. The fourth-order valence-electron chi connectivity index (χ4n) is 2.43. The lowest BCUT2D eigenvalue weighted by Crippen LogP contribution is -2.22. The molecule has 0 aliphatic carbocycles. The molecule has 0 atom stereocenters. The van der Waals surface area contributed by atoms with Crippen LogP contribution in [0.15, 0.2) is 60.9 Å². The van der Waals surface area contributed by atoms with Gasteiger partial charge in [-0.2, -0.15) is 5.10 Å². The molecule has 0 bridgehead atoms. The van der Waals surface area contributed by atoms with Gasteiger partial charge in [0.25, 0.3) is 5.91 Å². The molecule has 0 unspecified atom stereocenters. The molecule has 134 valence electrons. The summed E-state index contributed by atoms with van der Waals surface area (Å²) in [5, 5.41) is 7.73. The highest BCUT2D eigenvalue weighted by Crippen LogP contribution is 2.18. The third-order valence-electron chi connectivity index (χ3n) is 3.88. The van der Waals surface area contributed by atoms with E-state index in [4.69, 9.17) is 16.3 Å². The van der Waals surface area contributed by atoms with E-state index in [1.165, 1.54) is 0 Å². The van der Waals surface area contributed by atoms with E-state index >= 15 is 0 Å². The molecule has 0 radical (unpaired) electrons. The molecule has 0 saturated carbocycles. The number of ether oxygens (including phenoxy) is 1. The summed E-state index contributed by atoms with van der Waals surface area (Å²) in [7, 11) is 0. The molecule has 1 amide bonds. The summed E-state index contributed by atoms with van der Waals surface area (Å²) >= 11 is 5.94. The van der Waals surface area contributed by atoms with Crippen LogP contribution in [-0.2, 0) is 19.7 Å². The SMILES string of the molecule is CCn1cc(CNC(=O)c2ccc(COc3cccc(Cl)c3)cc2)cn1. The number of nitrogens with zero attached hydrogens (tertiary/aromatic N) is 2. The van der Waals surface area contributed by atoms with Crippen LogP contribution in [0.4, 0.5) is 0 Å². The Labute approximate surface area is 157 Å². The summed E-state index contributed by atoms with van der Waals surface area (Å²) in [6.07, 6.45) is 3.69. The van der Waals surface area contributed by atoms with Gasteiger partial charge in [-0.3, -0.25) is 9.48 Å². The van der Waals surface area contributed by atoms with Crippen LogP contribution in [0.3, 0.4) is 0 Å². The number of hydrogen-bond acceptors (Lipinski definition) is 3. The highest BCUT2D eigenvalue weighted by atomic mass is 35.5. The van der Waals surface area contributed by atoms with Crippen LogP contribution in [0.2, 0.25) is 5.02 Å². The van der Waals surface area contributed by atoms with Crippen LogP contribution < -0.4 is 10.1 Å². The Bertz CT molecular complexity index is 875. The summed E-state index contributed by atoms with van der Waals surface area (Å²) in [4.78, 5) is 12.2. The summed E-state index contributed by atoms with van der Waals surface area (Å²) in [6, 6.07) is 14.6. The number of carbonyl (C=O) groups is 1. The highest BCUT2D eigenvalue weighted by molar-refractivity contribution is 6.30. The van der Waals surface area contributed by atoms with Crippen molar-refractivity contribution in [3.8, 4) is 5.75 Å². The predicted octanol–water partition coefficient (Wildman–Crippen LogP) is 4.07. The number of hydrogen-bond donors (Lipinski definition) is 1. The lowest BCUT2D eigenvalue weighted by Gasteiger charge is -2.08. The van der Waals surface area contributed by atoms with E-state index in [0.29, 0.717) is 29.5 Å². The Hall–Kier alpha value is -2.79. The molecule has 26 heavy (non-hydrogen) atoms. The minimum Gasteiger partial charge on any atom is -0.489 e. The van der Waals surface area contributed by atoms with Crippen molar-refractivity contribution in [3.05, 3.63) is 82.6 Å². The van der Waals surface area contributed by atoms with Gasteiger partial charge in [-0.1, -0.05) is 29.8 Å². The van der Waals surface area contributed by atoms with Crippen LogP contribution in [0.25, 0.3) is 0 Å². The molecule has 0 saturated heterocycles. The summed E-state index contributed by atoms with van der Waals surface area (Å²) in [5.74, 6) is 0.600. The number of amides is 1. The molecule has 3 rings (SSSR count). The Morgan fingerprint density at radius 3 is 2.69 bits per heavy atom. The van der Waals surface area contributed by atoms with Crippen molar-refractivity contribution in [2.24, 2.45) is 0 Å². The Balaban J connectivity index is 1.52. The zero-order chi connectivity index (χ0) is 18.4. The summed E-state index contributed by atoms with van der Waals surface area (Å²) < 4.78 is 7.53. The van der Waals surface area contributed by atoms with E-state index in [0.717, 1.165) is 17.7 Å². The van der Waals surface area contributed by atoms with E-state index in [2.05, 4.69) is 10.4 Å². The van der Waals surface area contributed by atoms with Crippen LogP contribution in [0.5, 0.6) is 5.75 Å². The predicted molar refractivity (Wildman–Crippen MR) is 101 cm³/mol. The first-order chi connectivity index (χ1) is 12.6. The van der Waals surface area contributed by atoms with Gasteiger partial charge >= 0.3 is 0 Å². The standard InChI is InChI=1S/C20H20ClN3O2/c1-2-24-13-16(12-23-24)11-22-20(25)17-8-6-15(7-9-17)14-26-19-5-3-4-18(21)10-19/h3-10,12-13H,2,11,14H2,1H3,(H,22,25). The second-order valence-corrected chi connectivity index (χ2v) is 6.27. The Morgan fingerprint density at radius 2 is 2.00 bits per heavy atom. The molecule has 0 fully saturated rings. The molecule has 1 heterocycles. The van der Waals surface area contributed by atoms with E-state index in [1.807, 2.05) is 42.1 Å². The zero-order valence-corrected chi connectivity index (χ0v) is 15.2. The van der Waals surface area contributed by atoms with Crippen LogP contribution in [-0.4, -0.2) is 15.7 Å². The van der Waals surface area contributed by atoms with Crippen LogP contribution >= 0.6 is 11.6 Å². The molecule has 0 spiro atoms. The first kappa shape index (κ1) is 18.0. The van der Waals surface area contributed by atoms with Gasteiger partial charge in [-0.25, -0.2) is 0 Å². The third-order valence-corrected chi connectivity index (χ3v) is 4.12. The molecule has 0 aliphatic rings. The number of aryl methyl sites for hydroxylation is 1. The second kappa shape index (κ2) is 8.54. The minimum atomic E-state index is -0.114. The summed E-state index contributed by atoms with van der Waals surface area (Å²) in [6.45, 7) is 3.70. The van der Waals surface area contributed by atoms with E-state index in [-0.39, 0.29) is 5.91 Å². The zero-order valence-electron chi connectivity index (χ0n) is 14.5. The monoisotopic (exact) mass is 369 g/mol. The van der Waals surface area contributed by atoms with Gasteiger partial charge in [0.15, 0.2) is 0 Å². The third kappa shape index (κ3) is 4.86. The number of aromatic nitrogens is 2. The average Bonchev–Trinajstić information content (AvgIpc) is 3.13. The second-order valence-electron chi connectivity index (χ2n) is 5.83. The molecule has 1 N–H and O–H groups in total. The number of rotatable bonds is 7. The molecule has 5 nitrogen and oxygen atoms in total. The molecule has 3 aromatic rings. The molecular weight excluding hydrogens is 350 g/mol. The first-order valence-electron chi connectivity index (χ1n) is 8.41. The minimum absolute atomic E-state index is 0.114. The van der Waals surface area contributed by atoms with Crippen molar-refractivity contribution in [3.63, 3.8) is 0 Å². The maximum absolute atomic E-state index is 12.2. The van der Waals surface area contributed by atoms with Gasteiger partial charge in [0.05, 0.1) is 6.20 Å². The molecular formula is C20H20ClN3O2. The molecule has 0 aliphatic heterocycles. The van der Waals surface area contributed by atoms with Crippen molar-refractivity contribution >= 4 is 17.5 Å². The fourth-order valence-corrected chi connectivity index (χ4v) is 2.61. The normalized spacial score (nSPS) is 10.5. The first-order valence-corrected chi connectivity index (χ1v) is 8.78. The van der Waals surface area contributed by atoms with Crippen LogP contribution in [0.1, 0.15) is 28.4 Å². The smallest absolute Gasteiger partial charge is 0.251 e. The molecule has 1 aromatic heterocycles. The number of nitrogens with one attached hydrogen (secondary N) is 1. The maximum Gasteiger partial charge on any atom is 0.251 e. The van der Waals surface area contributed by atoms with Gasteiger partial charge in [0, 0.05) is 35.4 Å². The van der Waals surface area contributed by atoms with Crippen molar-refractivity contribution in [2.45, 2.75) is 26.6 Å². The van der Waals surface area contributed by atoms with Crippen molar-refractivity contribution < 1.29 is 9.53 Å². The largest absolute Gasteiger partial charge is 0.489 e. The quantitative estimate of drug-likeness (QED) is 0.683. The van der Waals surface area contributed by atoms with Crippen molar-refractivity contribution in [2.75, 3.05) is 0 Å². The van der Waals surface area contributed by atoms with Gasteiger partial charge < -0.3 is 10.1 Å². The van der Waals surface area contributed by atoms with E-state index in [9.17, 15) is 4.79 Å². The van der Waals surface area contributed by atoms with Crippen molar-refractivity contribution in [1.82, 2.24) is 15.1 Å². The Morgan fingerprint density at radius 1 is 1.19 bits per heavy atom.